The van der Waals surface area contributed by atoms with Gasteiger partial charge in [0, 0.05) is 23.0 Å². The van der Waals surface area contributed by atoms with Crippen molar-refractivity contribution in [1.29, 1.82) is 0 Å². The molecule has 1 fully saturated rings. The van der Waals surface area contributed by atoms with Crippen LogP contribution in [0.3, 0.4) is 0 Å². The fourth-order valence-electron chi connectivity index (χ4n) is 6.21. The van der Waals surface area contributed by atoms with Gasteiger partial charge in [0.15, 0.2) is 0 Å². The van der Waals surface area contributed by atoms with Crippen LogP contribution in [0.4, 0.5) is 0 Å². The number of nitrogens with zero attached hydrogens (tertiary/aromatic N) is 1. The molecule has 2 aliphatic carbocycles. The van der Waals surface area contributed by atoms with E-state index in [-0.39, 0.29) is 5.91 Å². The van der Waals surface area contributed by atoms with Crippen molar-refractivity contribution >= 4 is 16.8 Å². The van der Waals surface area contributed by atoms with E-state index in [1.807, 2.05) is 18.2 Å². The molecule has 0 spiro atoms. The second kappa shape index (κ2) is 9.11. The number of carbonyl (C=O) groups excluding carboxylic acids is 1. The highest BCUT2D eigenvalue weighted by Crippen LogP contribution is 2.36. The van der Waals surface area contributed by atoms with Crippen LogP contribution in [-0.2, 0) is 12.8 Å². The number of nitrogens with one attached hydrogen (secondary N) is 1. The van der Waals surface area contributed by atoms with Crippen LogP contribution >= 0.6 is 0 Å². The Labute approximate surface area is 191 Å². The third kappa shape index (κ3) is 4.09. The highest BCUT2D eigenvalue weighted by molar-refractivity contribution is 5.97. The van der Waals surface area contributed by atoms with E-state index in [2.05, 4.69) is 53.2 Å². The van der Waals surface area contributed by atoms with E-state index >= 15 is 0 Å². The normalized spacial score (nSPS) is 22.2. The summed E-state index contributed by atoms with van der Waals surface area (Å²) in [6, 6.07) is 20.1. The lowest BCUT2D eigenvalue weighted by molar-refractivity contribution is 0.0987. The molecule has 3 N–H and O–H groups in total. The molecule has 4 nitrogen and oxygen atoms in total. The average molecular weight is 430 g/mol. The molecule has 32 heavy (non-hydrogen) atoms. The number of benzene rings is 2. The molecule has 168 valence electrons. The molecule has 2 aromatic carbocycles. The molecule has 0 bridgehead atoms. The van der Waals surface area contributed by atoms with Crippen molar-refractivity contribution in [3.05, 3.63) is 71.4 Å². The highest BCUT2D eigenvalue weighted by atomic mass is 16.1. The van der Waals surface area contributed by atoms with E-state index in [9.17, 15) is 4.79 Å². The van der Waals surface area contributed by atoms with Gasteiger partial charge in [-0.15, -0.1) is 0 Å². The number of amides is 1. The summed E-state index contributed by atoms with van der Waals surface area (Å²) in [7, 11) is 0. The van der Waals surface area contributed by atoms with Crippen LogP contribution < -0.4 is 11.1 Å². The van der Waals surface area contributed by atoms with Crippen molar-refractivity contribution in [3.8, 4) is 0 Å². The third-order valence-electron chi connectivity index (χ3n) is 7.94. The van der Waals surface area contributed by atoms with Crippen LogP contribution in [0.25, 0.3) is 10.9 Å². The monoisotopic (exact) mass is 429 g/mol. The number of carbonyl (C=O) groups is 1. The molecule has 1 saturated carbocycles. The first-order valence-corrected chi connectivity index (χ1v) is 12.3. The van der Waals surface area contributed by atoms with Crippen LogP contribution in [0.5, 0.6) is 0 Å². The van der Waals surface area contributed by atoms with Crippen LogP contribution in [0.2, 0.25) is 0 Å². The summed E-state index contributed by atoms with van der Waals surface area (Å²) in [6.07, 6.45) is 8.22. The molecular weight excluding hydrogens is 394 g/mol. The molecule has 1 aromatic heterocycles. The molecule has 0 aliphatic heterocycles. The lowest BCUT2D eigenvalue weighted by Crippen LogP contribution is -2.40. The van der Waals surface area contributed by atoms with Crippen LogP contribution in [0.15, 0.2) is 54.6 Å². The molecule has 0 saturated heterocycles. The van der Waals surface area contributed by atoms with E-state index in [0.717, 1.165) is 36.2 Å². The summed E-state index contributed by atoms with van der Waals surface area (Å²) in [5.74, 6) is 1.11. The first-order valence-electron chi connectivity index (χ1n) is 12.3. The largest absolute Gasteiger partial charge is 0.364 e. The molecule has 1 atom stereocenters. The number of hydrogen-bond donors (Lipinski definition) is 2. The molecule has 1 amide bonds. The zero-order valence-corrected chi connectivity index (χ0v) is 19.1. The number of fused-ring (bicyclic) bond motifs is 2. The molecule has 4 heteroatoms. The quantitative estimate of drug-likeness (QED) is 0.538. The first-order chi connectivity index (χ1) is 15.6. The number of para-hydroxylation sites is 1. The van der Waals surface area contributed by atoms with Crippen LogP contribution in [0, 0.1) is 11.8 Å². The van der Waals surface area contributed by atoms with Crippen molar-refractivity contribution in [2.75, 3.05) is 6.54 Å². The zero-order valence-electron chi connectivity index (χ0n) is 19.1. The third-order valence-corrected chi connectivity index (χ3v) is 7.94. The van der Waals surface area contributed by atoms with Gasteiger partial charge in [0.05, 0.1) is 0 Å². The van der Waals surface area contributed by atoms with Crippen LogP contribution in [0.1, 0.15) is 66.7 Å². The summed E-state index contributed by atoms with van der Waals surface area (Å²) in [6.45, 7) is 3.42. The molecule has 0 radical (unpaired) electrons. The van der Waals surface area contributed by atoms with Crippen molar-refractivity contribution < 1.29 is 4.79 Å². The summed E-state index contributed by atoms with van der Waals surface area (Å²) < 4.78 is 2.21. The molecule has 5 rings (SSSR count). The van der Waals surface area contributed by atoms with Gasteiger partial charge in [0.2, 0.25) is 0 Å². The Balaban J connectivity index is 1.19. The van der Waals surface area contributed by atoms with Gasteiger partial charge in [0.25, 0.3) is 5.91 Å². The summed E-state index contributed by atoms with van der Waals surface area (Å²) in [4.78, 5) is 12.1. The summed E-state index contributed by atoms with van der Waals surface area (Å²) >= 11 is 0. The average Bonchev–Trinajstić information content (AvgIpc) is 3.42. The van der Waals surface area contributed by atoms with E-state index < -0.39 is 0 Å². The number of hydrogen-bond acceptors (Lipinski definition) is 2. The maximum atomic E-state index is 12.1. The first kappa shape index (κ1) is 21.3. The van der Waals surface area contributed by atoms with Gasteiger partial charge in [-0.25, -0.2) is 0 Å². The molecule has 1 heterocycles. The summed E-state index contributed by atoms with van der Waals surface area (Å²) in [5.41, 5.74) is 10.6. The smallest absolute Gasteiger partial charge is 0.265 e. The van der Waals surface area contributed by atoms with Crippen molar-refractivity contribution in [1.82, 2.24) is 9.88 Å². The maximum Gasteiger partial charge on any atom is 0.265 e. The minimum Gasteiger partial charge on any atom is -0.364 e. The predicted molar refractivity (Wildman–Crippen MR) is 131 cm³/mol. The zero-order chi connectivity index (χ0) is 22.1. The van der Waals surface area contributed by atoms with Gasteiger partial charge >= 0.3 is 0 Å². The standard InChI is InChI=1S/C28H35N3O/c1-2-25(23-15-20-7-3-4-8-21(20)16-23)30-18-19-11-13-24(14-12-19)31-26-10-6-5-9-22(26)17-27(31)28(29)32/h3-10,17,19,23-25,30H,2,11-16,18H2,1H3,(H2,29,32). The fourth-order valence-corrected chi connectivity index (χ4v) is 6.21. The Kier molecular flexibility index (Phi) is 6.05. The topological polar surface area (TPSA) is 60.1 Å². The van der Waals surface area contributed by atoms with Gasteiger partial charge < -0.3 is 15.6 Å². The van der Waals surface area contributed by atoms with Gasteiger partial charge in [0.1, 0.15) is 5.69 Å². The number of rotatable bonds is 7. The number of nitrogens with two attached hydrogens (primary N) is 1. The Morgan fingerprint density at radius 1 is 1.03 bits per heavy atom. The van der Waals surface area contributed by atoms with E-state index in [1.165, 1.54) is 32.1 Å². The second-order valence-corrected chi connectivity index (χ2v) is 9.86. The van der Waals surface area contributed by atoms with Crippen molar-refractivity contribution in [3.63, 3.8) is 0 Å². The molecule has 1 unspecified atom stereocenters. The van der Waals surface area contributed by atoms with E-state index in [1.54, 1.807) is 11.1 Å². The van der Waals surface area contributed by atoms with Gasteiger partial charge in [-0.05, 0) is 86.6 Å². The predicted octanol–water partition coefficient (Wildman–Crippen LogP) is 5.25. The molecule has 3 aromatic rings. The fraction of sp³-hybridized carbons (Fsp3) is 0.464. The maximum absolute atomic E-state index is 12.1. The number of aromatic nitrogens is 1. The van der Waals surface area contributed by atoms with Crippen molar-refractivity contribution in [2.24, 2.45) is 17.6 Å². The lowest BCUT2D eigenvalue weighted by Gasteiger charge is -2.33. The van der Waals surface area contributed by atoms with Gasteiger partial charge in [-0.1, -0.05) is 49.4 Å². The lowest BCUT2D eigenvalue weighted by atomic mass is 9.85. The minimum absolute atomic E-state index is 0.326. The Morgan fingerprint density at radius 3 is 2.34 bits per heavy atom. The Hall–Kier alpha value is -2.59. The molecule has 2 aliphatic rings. The van der Waals surface area contributed by atoms with Gasteiger partial charge in [-0.3, -0.25) is 4.79 Å². The second-order valence-electron chi connectivity index (χ2n) is 9.86. The molecular formula is C28H35N3O. The SMILES string of the molecule is CCC(NCC1CCC(n2c(C(N)=O)cc3ccccc32)CC1)C1Cc2ccccc2C1. The van der Waals surface area contributed by atoms with Crippen molar-refractivity contribution in [2.45, 2.75) is 64.0 Å². The summed E-state index contributed by atoms with van der Waals surface area (Å²) in [5, 5.41) is 5.05. The van der Waals surface area contributed by atoms with E-state index in [4.69, 9.17) is 5.73 Å². The van der Waals surface area contributed by atoms with Crippen LogP contribution in [-0.4, -0.2) is 23.1 Å². The van der Waals surface area contributed by atoms with E-state index in [0.29, 0.717) is 23.7 Å². The van der Waals surface area contributed by atoms with Gasteiger partial charge in [-0.2, -0.15) is 0 Å². The highest BCUT2D eigenvalue weighted by Gasteiger charge is 2.30. The Morgan fingerprint density at radius 2 is 1.69 bits per heavy atom. The Bertz CT molecular complexity index is 1070. The number of primary amides is 1. The minimum atomic E-state index is -0.326.